The average molecular weight is 353 g/mol. The fourth-order valence-electron chi connectivity index (χ4n) is 2.29. The third-order valence-corrected chi connectivity index (χ3v) is 4.56. The highest BCUT2D eigenvalue weighted by molar-refractivity contribution is 8.00. The Labute approximate surface area is 150 Å². The Bertz CT molecular complexity index is 849. The van der Waals surface area contributed by atoms with Crippen LogP contribution >= 0.6 is 11.8 Å². The summed E-state index contributed by atoms with van der Waals surface area (Å²) in [5.74, 6) is 0.396. The van der Waals surface area contributed by atoms with E-state index in [2.05, 4.69) is 15.5 Å². The van der Waals surface area contributed by atoms with Crippen molar-refractivity contribution in [2.24, 2.45) is 0 Å². The highest BCUT2D eigenvalue weighted by atomic mass is 32.2. The molecule has 0 unspecified atom stereocenters. The maximum absolute atomic E-state index is 12.2. The van der Waals surface area contributed by atoms with E-state index in [1.54, 1.807) is 0 Å². The summed E-state index contributed by atoms with van der Waals surface area (Å²) in [5.41, 5.74) is 3.06. The Balaban J connectivity index is 1.57. The van der Waals surface area contributed by atoms with Gasteiger partial charge >= 0.3 is 0 Å². The molecule has 6 heteroatoms. The first-order chi connectivity index (χ1) is 12.1. The Hall–Kier alpha value is -2.60. The average Bonchev–Trinajstić information content (AvgIpc) is 3.09. The van der Waals surface area contributed by atoms with Crippen molar-refractivity contribution in [3.8, 4) is 11.5 Å². The van der Waals surface area contributed by atoms with Crippen LogP contribution in [-0.2, 0) is 11.3 Å². The van der Waals surface area contributed by atoms with E-state index in [4.69, 9.17) is 4.42 Å². The largest absolute Gasteiger partial charge is 0.411 e. The number of rotatable bonds is 6. The number of hydrogen-bond donors (Lipinski definition) is 1. The van der Waals surface area contributed by atoms with Gasteiger partial charge in [-0.15, -0.1) is 10.2 Å². The fraction of sp³-hybridized carbons (Fsp3) is 0.211. The molecule has 128 valence electrons. The molecule has 1 amide bonds. The molecule has 1 N–H and O–H groups in total. The van der Waals surface area contributed by atoms with Gasteiger partial charge < -0.3 is 9.73 Å². The second-order valence-electron chi connectivity index (χ2n) is 5.71. The van der Waals surface area contributed by atoms with Crippen LogP contribution in [0.1, 0.15) is 18.1 Å². The van der Waals surface area contributed by atoms with E-state index in [-0.39, 0.29) is 11.2 Å². The fourth-order valence-corrected chi connectivity index (χ4v) is 2.99. The zero-order chi connectivity index (χ0) is 17.6. The van der Waals surface area contributed by atoms with Gasteiger partial charge in [0.05, 0.1) is 5.25 Å². The van der Waals surface area contributed by atoms with Crippen molar-refractivity contribution in [2.45, 2.75) is 30.9 Å². The standard InChI is InChI=1S/C19H19N3O2S/c1-13-7-6-10-16(11-13)18-21-22-19(24-18)25-14(2)17(23)20-12-15-8-4-3-5-9-15/h3-11,14H,12H2,1-2H3,(H,20,23)/t14-/m0/s1. The van der Waals surface area contributed by atoms with Crippen LogP contribution in [0.2, 0.25) is 0 Å². The second-order valence-corrected chi connectivity index (χ2v) is 7.00. The van der Waals surface area contributed by atoms with Crippen molar-refractivity contribution in [1.29, 1.82) is 0 Å². The van der Waals surface area contributed by atoms with Crippen LogP contribution in [0, 0.1) is 6.92 Å². The molecule has 0 aliphatic heterocycles. The van der Waals surface area contributed by atoms with Crippen molar-refractivity contribution in [1.82, 2.24) is 15.5 Å². The van der Waals surface area contributed by atoms with E-state index in [0.29, 0.717) is 17.7 Å². The van der Waals surface area contributed by atoms with Gasteiger partial charge in [-0.2, -0.15) is 0 Å². The summed E-state index contributed by atoms with van der Waals surface area (Å²) in [6.45, 7) is 4.33. The van der Waals surface area contributed by atoms with Crippen LogP contribution in [0.4, 0.5) is 0 Å². The van der Waals surface area contributed by atoms with Crippen LogP contribution < -0.4 is 5.32 Å². The topological polar surface area (TPSA) is 68.0 Å². The summed E-state index contributed by atoms with van der Waals surface area (Å²) >= 11 is 1.25. The predicted molar refractivity (Wildman–Crippen MR) is 98.1 cm³/mol. The smallest absolute Gasteiger partial charge is 0.277 e. The maximum Gasteiger partial charge on any atom is 0.277 e. The third kappa shape index (κ3) is 4.70. The number of amides is 1. The number of nitrogens with zero attached hydrogens (tertiary/aromatic N) is 2. The lowest BCUT2D eigenvalue weighted by molar-refractivity contribution is -0.120. The first-order valence-corrected chi connectivity index (χ1v) is 8.88. The lowest BCUT2D eigenvalue weighted by Gasteiger charge is -2.09. The molecule has 0 saturated carbocycles. The molecule has 3 rings (SSSR count). The quantitative estimate of drug-likeness (QED) is 0.682. The first-order valence-electron chi connectivity index (χ1n) is 8.00. The van der Waals surface area contributed by atoms with Gasteiger partial charge in [-0.05, 0) is 31.5 Å². The zero-order valence-electron chi connectivity index (χ0n) is 14.1. The number of aryl methyl sites for hydroxylation is 1. The van der Waals surface area contributed by atoms with E-state index >= 15 is 0 Å². The summed E-state index contributed by atoms with van der Waals surface area (Å²) in [6, 6.07) is 17.7. The van der Waals surface area contributed by atoms with E-state index < -0.39 is 0 Å². The summed E-state index contributed by atoms with van der Waals surface area (Å²) < 4.78 is 5.67. The highest BCUT2D eigenvalue weighted by Crippen LogP contribution is 2.26. The number of carbonyl (C=O) groups is 1. The van der Waals surface area contributed by atoms with Gasteiger partial charge in [-0.25, -0.2) is 0 Å². The van der Waals surface area contributed by atoms with Crippen LogP contribution in [-0.4, -0.2) is 21.4 Å². The molecule has 0 saturated heterocycles. The van der Waals surface area contributed by atoms with Crippen LogP contribution in [0.15, 0.2) is 64.2 Å². The van der Waals surface area contributed by atoms with E-state index in [1.165, 1.54) is 11.8 Å². The van der Waals surface area contributed by atoms with Gasteiger partial charge in [0.2, 0.25) is 11.8 Å². The number of aromatic nitrogens is 2. The second kappa shape index (κ2) is 7.98. The molecule has 5 nitrogen and oxygen atoms in total. The van der Waals surface area contributed by atoms with Gasteiger partial charge in [0.25, 0.3) is 5.22 Å². The summed E-state index contributed by atoms with van der Waals surface area (Å²) in [4.78, 5) is 12.2. The van der Waals surface area contributed by atoms with E-state index in [1.807, 2.05) is 68.4 Å². The molecule has 1 atom stereocenters. The van der Waals surface area contributed by atoms with Crippen molar-refractivity contribution >= 4 is 17.7 Å². The van der Waals surface area contributed by atoms with E-state index in [9.17, 15) is 4.79 Å². The molecule has 1 heterocycles. The Morgan fingerprint density at radius 1 is 1.16 bits per heavy atom. The Morgan fingerprint density at radius 2 is 1.96 bits per heavy atom. The molecule has 3 aromatic rings. The van der Waals surface area contributed by atoms with Gasteiger partial charge in [0, 0.05) is 12.1 Å². The molecular weight excluding hydrogens is 334 g/mol. The van der Waals surface area contributed by atoms with Crippen LogP contribution in [0.3, 0.4) is 0 Å². The van der Waals surface area contributed by atoms with Gasteiger partial charge in [0.15, 0.2) is 0 Å². The normalized spacial score (nSPS) is 11.9. The van der Waals surface area contributed by atoms with Crippen molar-refractivity contribution < 1.29 is 9.21 Å². The summed E-state index contributed by atoms with van der Waals surface area (Å²) in [6.07, 6.45) is 0. The number of carbonyl (C=O) groups excluding carboxylic acids is 1. The minimum absolute atomic E-state index is 0.0656. The minimum atomic E-state index is -0.325. The molecule has 1 aromatic heterocycles. The zero-order valence-corrected chi connectivity index (χ0v) is 14.9. The summed E-state index contributed by atoms with van der Waals surface area (Å²) in [7, 11) is 0. The van der Waals surface area contributed by atoms with E-state index in [0.717, 1.165) is 16.7 Å². The number of benzene rings is 2. The number of thioether (sulfide) groups is 1. The number of hydrogen-bond acceptors (Lipinski definition) is 5. The summed E-state index contributed by atoms with van der Waals surface area (Å²) in [5, 5.41) is 11.1. The van der Waals surface area contributed by atoms with Gasteiger partial charge in [-0.1, -0.05) is 59.8 Å². The third-order valence-electron chi connectivity index (χ3n) is 3.63. The maximum atomic E-state index is 12.2. The lowest BCUT2D eigenvalue weighted by Crippen LogP contribution is -2.30. The number of nitrogens with one attached hydrogen (secondary N) is 1. The van der Waals surface area contributed by atoms with Crippen LogP contribution in [0.25, 0.3) is 11.5 Å². The van der Waals surface area contributed by atoms with Gasteiger partial charge in [0.1, 0.15) is 0 Å². The molecule has 0 bridgehead atoms. The molecular formula is C19H19N3O2S. The Kier molecular flexibility index (Phi) is 5.50. The highest BCUT2D eigenvalue weighted by Gasteiger charge is 2.18. The minimum Gasteiger partial charge on any atom is -0.411 e. The van der Waals surface area contributed by atoms with Crippen molar-refractivity contribution in [3.05, 3.63) is 65.7 Å². The van der Waals surface area contributed by atoms with Crippen molar-refractivity contribution in [3.63, 3.8) is 0 Å². The van der Waals surface area contributed by atoms with Crippen LogP contribution in [0.5, 0.6) is 0 Å². The molecule has 2 aromatic carbocycles. The molecule has 0 aliphatic rings. The lowest BCUT2D eigenvalue weighted by atomic mass is 10.1. The predicted octanol–water partition coefficient (Wildman–Crippen LogP) is 3.84. The Morgan fingerprint density at radius 3 is 2.72 bits per heavy atom. The molecule has 0 aliphatic carbocycles. The van der Waals surface area contributed by atoms with Gasteiger partial charge in [-0.3, -0.25) is 4.79 Å². The molecule has 0 spiro atoms. The van der Waals surface area contributed by atoms with Crippen molar-refractivity contribution in [2.75, 3.05) is 0 Å². The SMILES string of the molecule is Cc1cccc(-c2nnc(S[C@@H](C)C(=O)NCc3ccccc3)o2)c1. The monoisotopic (exact) mass is 353 g/mol. The first kappa shape index (κ1) is 17.2. The molecule has 25 heavy (non-hydrogen) atoms. The molecule has 0 radical (unpaired) electrons. The molecule has 0 fully saturated rings.